The molecule has 3 aromatic carbocycles. The number of fused-ring (bicyclic) bond motifs is 1. The van der Waals surface area contributed by atoms with Crippen LogP contribution in [-0.2, 0) is 0 Å². The molecular formula is C22H26N3OS+. The summed E-state index contributed by atoms with van der Waals surface area (Å²) in [6.45, 7) is 0.708. The van der Waals surface area contributed by atoms with E-state index in [-0.39, 0.29) is 6.04 Å². The molecule has 0 heterocycles. The summed E-state index contributed by atoms with van der Waals surface area (Å²) in [7, 11) is 5.99. The highest BCUT2D eigenvalue weighted by Gasteiger charge is 2.21. The second-order valence-corrected chi connectivity index (χ2v) is 7.14. The van der Waals surface area contributed by atoms with Crippen LogP contribution in [0.2, 0.25) is 0 Å². The van der Waals surface area contributed by atoms with Crippen molar-refractivity contribution in [1.82, 2.24) is 5.32 Å². The standard InChI is InChI=1S/C22H25N3OS/c1-25(2)20(18-12-6-7-14-21(18)26-3)15-23-22(27)24-19-13-8-10-16-9-4-5-11-17(16)19/h4-14,20H,15H2,1-3H3,(H2,23,24,27)/p+1/t20-/m1/s1. The molecule has 4 nitrogen and oxygen atoms in total. The molecule has 0 aliphatic rings. The van der Waals surface area contributed by atoms with Gasteiger partial charge in [0.25, 0.3) is 0 Å². The topological polar surface area (TPSA) is 37.7 Å². The minimum Gasteiger partial charge on any atom is -0.496 e. The zero-order valence-electron chi connectivity index (χ0n) is 16.0. The van der Waals surface area contributed by atoms with Gasteiger partial charge < -0.3 is 20.3 Å². The van der Waals surface area contributed by atoms with Gasteiger partial charge >= 0.3 is 0 Å². The minimum absolute atomic E-state index is 0.216. The maximum atomic E-state index is 5.55. The van der Waals surface area contributed by atoms with Gasteiger partial charge in [0, 0.05) is 11.1 Å². The first kappa shape index (κ1) is 19.1. The summed E-state index contributed by atoms with van der Waals surface area (Å²) in [4.78, 5) is 1.31. The summed E-state index contributed by atoms with van der Waals surface area (Å²) in [6, 6.07) is 22.8. The van der Waals surface area contributed by atoms with Gasteiger partial charge in [0.05, 0.1) is 33.3 Å². The van der Waals surface area contributed by atoms with Gasteiger partial charge in [0.2, 0.25) is 0 Å². The van der Waals surface area contributed by atoms with Crippen LogP contribution in [0.3, 0.4) is 0 Å². The van der Waals surface area contributed by atoms with Crippen molar-refractivity contribution < 1.29 is 9.64 Å². The van der Waals surface area contributed by atoms with Crippen LogP contribution in [0, 0.1) is 0 Å². The van der Waals surface area contributed by atoms with E-state index in [1.807, 2.05) is 42.5 Å². The van der Waals surface area contributed by atoms with Crippen molar-refractivity contribution in [2.45, 2.75) is 6.04 Å². The van der Waals surface area contributed by atoms with Gasteiger partial charge in [0.1, 0.15) is 11.8 Å². The minimum atomic E-state index is 0.216. The zero-order chi connectivity index (χ0) is 19.2. The number of hydrogen-bond acceptors (Lipinski definition) is 2. The van der Waals surface area contributed by atoms with Gasteiger partial charge in [-0.1, -0.05) is 48.5 Å². The van der Waals surface area contributed by atoms with Crippen molar-refractivity contribution >= 4 is 33.8 Å². The fraction of sp³-hybridized carbons (Fsp3) is 0.227. The second-order valence-electron chi connectivity index (χ2n) is 6.73. The molecule has 3 rings (SSSR count). The second kappa shape index (κ2) is 8.84. The molecule has 3 aromatic rings. The Morgan fingerprint density at radius 1 is 1.00 bits per heavy atom. The van der Waals surface area contributed by atoms with E-state index in [1.165, 1.54) is 15.8 Å². The summed E-state index contributed by atoms with van der Waals surface area (Å²) < 4.78 is 5.54. The lowest BCUT2D eigenvalue weighted by atomic mass is 10.0. The van der Waals surface area contributed by atoms with Crippen LogP contribution in [0.15, 0.2) is 66.7 Å². The van der Waals surface area contributed by atoms with Crippen LogP contribution in [0.4, 0.5) is 5.69 Å². The lowest BCUT2D eigenvalue weighted by Crippen LogP contribution is -3.07. The summed E-state index contributed by atoms with van der Waals surface area (Å²) >= 11 is 5.55. The van der Waals surface area contributed by atoms with Crippen molar-refractivity contribution in [1.29, 1.82) is 0 Å². The fourth-order valence-corrected chi connectivity index (χ4v) is 3.47. The molecule has 0 aliphatic carbocycles. The van der Waals surface area contributed by atoms with Crippen molar-refractivity contribution in [2.75, 3.05) is 33.1 Å². The molecule has 1 atom stereocenters. The van der Waals surface area contributed by atoms with Crippen molar-refractivity contribution in [3.63, 3.8) is 0 Å². The highest BCUT2D eigenvalue weighted by molar-refractivity contribution is 7.80. The molecule has 0 aromatic heterocycles. The lowest BCUT2D eigenvalue weighted by molar-refractivity contribution is -0.890. The first-order chi connectivity index (χ1) is 13.1. The molecule has 0 fully saturated rings. The number of hydrogen-bond donors (Lipinski definition) is 3. The maximum Gasteiger partial charge on any atom is 0.171 e. The predicted molar refractivity (Wildman–Crippen MR) is 117 cm³/mol. The van der Waals surface area contributed by atoms with Crippen LogP contribution in [0.25, 0.3) is 10.8 Å². The number of para-hydroxylation sites is 1. The molecule has 0 saturated carbocycles. The first-order valence-corrected chi connectivity index (χ1v) is 9.46. The highest BCUT2D eigenvalue weighted by Crippen LogP contribution is 2.24. The van der Waals surface area contributed by atoms with Crippen molar-refractivity contribution in [3.05, 3.63) is 72.3 Å². The molecular weight excluding hydrogens is 354 g/mol. The van der Waals surface area contributed by atoms with Gasteiger partial charge in [-0.05, 0) is 35.8 Å². The van der Waals surface area contributed by atoms with Gasteiger partial charge in [-0.25, -0.2) is 0 Å². The summed E-state index contributed by atoms with van der Waals surface area (Å²) in [5, 5.41) is 9.67. The Balaban J connectivity index is 1.71. The molecule has 0 saturated heterocycles. The van der Waals surface area contributed by atoms with Crippen LogP contribution >= 0.6 is 12.2 Å². The van der Waals surface area contributed by atoms with Gasteiger partial charge in [0.15, 0.2) is 5.11 Å². The Hall–Kier alpha value is -2.63. The molecule has 0 spiro atoms. The number of nitrogens with one attached hydrogen (secondary N) is 3. The third-order valence-electron chi connectivity index (χ3n) is 4.72. The predicted octanol–water partition coefficient (Wildman–Crippen LogP) is 3.02. The average Bonchev–Trinajstić information content (AvgIpc) is 2.68. The molecule has 5 heteroatoms. The Morgan fingerprint density at radius 3 is 2.48 bits per heavy atom. The monoisotopic (exact) mass is 380 g/mol. The molecule has 3 N–H and O–H groups in total. The van der Waals surface area contributed by atoms with Gasteiger partial charge in [-0.15, -0.1) is 0 Å². The maximum absolute atomic E-state index is 5.55. The van der Waals surface area contributed by atoms with E-state index >= 15 is 0 Å². The highest BCUT2D eigenvalue weighted by atomic mass is 32.1. The van der Waals surface area contributed by atoms with Crippen LogP contribution in [-0.4, -0.2) is 32.9 Å². The quantitative estimate of drug-likeness (QED) is 0.575. The molecule has 0 aliphatic heterocycles. The Labute approximate surface area is 166 Å². The number of thiocarbonyl (C=S) groups is 1. The van der Waals surface area contributed by atoms with E-state index in [0.29, 0.717) is 11.7 Å². The van der Waals surface area contributed by atoms with Crippen LogP contribution in [0.5, 0.6) is 5.75 Å². The Morgan fingerprint density at radius 2 is 1.70 bits per heavy atom. The average molecular weight is 381 g/mol. The van der Waals surface area contributed by atoms with Crippen molar-refractivity contribution in [3.8, 4) is 5.75 Å². The van der Waals surface area contributed by atoms with E-state index in [2.05, 4.69) is 49.0 Å². The van der Waals surface area contributed by atoms with Crippen LogP contribution < -0.4 is 20.3 Å². The Kier molecular flexibility index (Phi) is 6.27. The number of quaternary nitrogens is 1. The third kappa shape index (κ3) is 4.56. The normalized spacial score (nSPS) is 12.0. The third-order valence-corrected chi connectivity index (χ3v) is 4.96. The number of benzene rings is 3. The molecule has 0 bridgehead atoms. The lowest BCUT2D eigenvalue weighted by Gasteiger charge is -2.24. The van der Waals surface area contributed by atoms with Crippen molar-refractivity contribution in [2.24, 2.45) is 0 Å². The van der Waals surface area contributed by atoms with Gasteiger partial charge in [-0.3, -0.25) is 0 Å². The van der Waals surface area contributed by atoms with E-state index < -0.39 is 0 Å². The number of methoxy groups -OCH3 is 1. The molecule has 140 valence electrons. The zero-order valence-corrected chi connectivity index (χ0v) is 16.8. The van der Waals surface area contributed by atoms with E-state index in [9.17, 15) is 0 Å². The summed E-state index contributed by atoms with van der Waals surface area (Å²) in [5.74, 6) is 0.901. The Bertz CT molecular complexity index is 921. The largest absolute Gasteiger partial charge is 0.496 e. The van der Waals surface area contributed by atoms with Crippen LogP contribution in [0.1, 0.15) is 11.6 Å². The summed E-state index contributed by atoms with van der Waals surface area (Å²) in [6.07, 6.45) is 0. The molecule has 0 unspecified atom stereocenters. The number of likely N-dealkylation sites (N-methyl/N-ethyl adjacent to an activating group) is 1. The fourth-order valence-electron chi connectivity index (χ4n) is 3.28. The summed E-state index contributed by atoms with van der Waals surface area (Å²) in [5.41, 5.74) is 2.18. The first-order valence-electron chi connectivity index (χ1n) is 9.05. The SMILES string of the molecule is COc1ccccc1[C@@H](CNC(=S)Nc1cccc2ccccc12)[NH+](C)C. The molecule has 0 amide bonds. The molecule has 27 heavy (non-hydrogen) atoms. The van der Waals surface area contributed by atoms with Gasteiger partial charge in [-0.2, -0.15) is 0 Å². The smallest absolute Gasteiger partial charge is 0.171 e. The van der Waals surface area contributed by atoms with E-state index in [1.54, 1.807) is 7.11 Å². The number of anilines is 1. The number of rotatable bonds is 6. The number of ether oxygens (including phenoxy) is 1. The van der Waals surface area contributed by atoms with E-state index in [0.717, 1.165) is 16.8 Å². The van der Waals surface area contributed by atoms with E-state index in [4.69, 9.17) is 17.0 Å². The molecule has 0 radical (unpaired) electrons.